The SMILES string of the molecule is CC(C)(C)OC(=O)NC1CCC(NC(=O)c2cc(F)cnc2Oc2cc(CCCOS(C)(=O)=O)ccc2-c2ccccc2)CC1. The maximum Gasteiger partial charge on any atom is 0.407 e. The zero-order valence-corrected chi connectivity index (χ0v) is 26.8. The molecule has 12 heteroatoms. The average molecular weight is 642 g/mol. The Bertz CT molecular complexity index is 1590. The lowest BCUT2D eigenvalue weighted by Gasteiger charge is -2.30. The fourth-order valence-electron chi connectivity index (χ4n) is 5.04. The van der Waals surface area contributed by atoms with Gasteiger partial charge < -0.3 is 20.1 Å². The molecule has 1 fully saturated rings. The molecule has 1 heterocycles. The molecule has 0 aliphatic heterocycles. The van der Waals surface area contributed by atoms with Crippen molar-refractivity contribution in [2.75, 3.05) is 12.9 Å². The Balaban J connectivity index is 1.48. The number of carbonyl (C=O) groups is 2. The minimum absolute atomic E-state index is 0.0400. The standard InChI is InChI=1S/C33H40FN3O7S/c1-33(2,3)44-32(39)37-26-15-13-25(14-16-26)36-30(38)28-20-24(34)21-35-31(28)43-29-19-22(9-8-18-42-45(4,40)41)12-17-27(29)23-10-6-5-7-11-23/h5-7,10-12,17,19-21,25-26H,8-9,13-16,18H2,1-4H3,(H,36,38)(H,37,39). The van der Waals surface area contributed by atoms with Gasteiger partial charge in [-0.25, -0.2) is 14.2 Å². The van der Waals surface area contributed by atoms with E-state index in [1.165, 1.54) is 0 Å². The Morgan fingerprint density at radius 2 is 1.64 bits per heavy atom. The predicted octanol–water partition coefficient (Wildman–Crippen LogP) is 6.15. The van der Waals surface area contributed by atoms with Crippen LogP contribution in [0.2, 0.25) is 0 Å². The maximum absolute atomic E-state index is 14.4. The lowest BCUT2D eigenvalue weighted by molar-refractivity contribution is 0.0487. The first kappa shape index (κ1) is 33.9. The molecule has 2 aromatic carbocycles. The van der Waals surface area contributed by atoms with Crippen molar-refractivity contribution in [2.24, 2.45) is 0 Å². The van der Waals surface area contributed by atoms with Gasteiger partial charge in [-0.05, 0) is 82.6 Å². The number of halogens is 1. The molecule has 0 spiro atoms. The largest absolute Gasteiger partial charge is 0.444 e. The zero-order chi connectivity index (χ0) is 32.6. The number of ether oxygens (including phenoxy) is 2. The number of hydrogen-bond acceptors (Lipinski definition) is 8. The number of carbonyl (C=O) groups excluding carboxylic acids is 2. The van der Waals surface area contributed by atoms with Crippen LogP contribution in [-0.2, 0) is 25.5 Å². The first-order valence-corrected chi connectivity index (χ1v) is 16.7. The Hall–Kier alpha value is -4.03. The quantitative estimate of drug-likeness (QED) is 0.188. The first-order chi connectivity index (χ1) is 21.3. The molecule has 1 saturated carbocycles. The van der Waals surface area contributed by atoms with Gasteiger partial charge in [0.2, 0.25) is 5.88 Å². The Labute approximate surface area is 263 Å². The molecule has 0 atom stereocenters. The Kier molecular flexibility index (Phi) is 11.2. The van der Waals surface area contributed by atoms with Crippen molar-refractivity contribution in [1.29, 1.82) is 0 Å². The van der Waals surface area contributed by atoms with Crippen molar-refractivity contribution in [1.82, 2.24) is 15.6 Å². The molecule has 1 aromatic heterocycles. The van der Waals surface area contributed by atoms with E-state index in [4.69, 9.17) is 13.7 Å². The molecule has 4 rings (SSSR count). The van der Waals surface area contributed by atoms with E-state index in [0.29, 0.717) is 44.3 Å². The summed E-state index contributed by atoms with van der Waals surface area (Å²) in [6, 6.07) is 16.0. The molecule has 2 N–H and O–H groups in total. The fourth-order valence-corrected chi connectivity index (χ4v) is 5.46. The molecule has 3 aromatic rings. The second kappa shape index (κ2) is 14.8. The second-order valence-corrected chi connectivity index (χ2v) is 13.7. The van der Waals surface area contributed by atoms with Gasteiger partial charge in [-0.3, -0.25) is 8.98 Å². The zero-order valence-electron chi connectivity index (χ0n) is 26.0. The second-order valence-electron chi connectivity index (χ2n) is 12.1. The van der Waals surface area contributed by atoms with E-state index in [2.05, 4.69) is 15.6 Å². The number of benzene rings is 2. The molecule has 0 radical (unpaired) electrons. The topological polar surface area (TPSA) is 133 Å². The predicted molar refractivity (Wildman–Crippen MR) is 168 cm³/mol. The van der Waals surface area contributed by atoms with Crippen LogP contribution in [0.3, 0.4) is 0 Å². The van der Waals surface area contributed by atoms with Gasteiger partial charge in [-0.1, -0.05) is 42.5 Å². The third-order valence-corrected chi connectivity index (χ3v) is 7.69. The van der Waals surface area contributed by atoms with Crippen LogP contribution in [0.4, 0.5) is 9.18 Å². The number of rotatable bonds is 11. The van der Waals surface area contributed by atoms with Gasteiger partial charge in [0.05, 0.1) is 19.1 Å². The first-order valence-electron chi connectivity index (χ1n) is 14.9. The molecule has 242 valence electrons. The van der Waals surface area contributed by atoms with Gasteiger partial charge in [0.1, 0.15) is 22.7 Å². The molecule has 45 heavy (non-hydrogen) atoms. The summed E-state index contributed by atoms with van der Waals surface area (Å²) in [5.74, 6) is -0.842. The highest BCUT2D eigenvalue weighted by atomic mass is 32.2. The van der Waals surface area contributed by atoms with Crippen LogP contribution in [0.5, 0.6) is 11.6 Å². The molecule has 0 bridgehead atoms. The lowest BCUT2D eigenvalue weighted by Crippen LogP contribution is -2.45. The summed E-state index contributed by atoms with van der Waals surface area (Å²) >= 11 is 0. The van der Waals surface area contributed by atoms with Crippen molar-refractivity contribution in [2.45, 2.75) is 77.0 Å². The van der Waals surface area contributed by atoms with Crippen LogP contribution in [0.25, 0.3) is 11.1 Å². The lowest BCUT2D eigenvalue weighted by atomic mass is 9.91. The van der Waals surface area contributed by atoms with Gasteiger partial charge in [-0.15, -0.1) is 0 Å². The number of nitrogens with zero attached hydrogens (tertiary/aromatic N) is 1. The van der Waals surface area contributed by atoms with Crippen molar-refractivity contribution < 1.29 is 36.1 Å². The summed E-state index contributed by atoms with van der Waals surface area (Å²) in [6.07, 6.45) is 5.03. The fraction of sp³-hybridized carbons (Fsp3) is 0.424. The average Bonchev–Trinajstić information content (AvgIpc) is 2.96. The smallest absolute Gasteiger partial charge is 0.407 e. The van der Waals surface area contributed by atoms with E-state index in [9.17, 15) is 22.4 Å². The van der Waals surface area contributed by atoms with E-state index in [1.807, 2.05) is 42.5 Å². The summed E-state index contributed by atoms with van der Waals surface area (Å²) in [5, 5.41) is 5.86. The summed E-state index contributed by atoms with van der Waals surface area (Å²) in [7, 11) is -3.53. The number of pyridine rings is 1. The van der Waals surface area contributed by atoms with Gasteiger partial charge in [0.25, 0.3) is 16.0 Å². The normalized spacial score (nSPS) is 16.9. The Morgan fingerprint density at radius 1 is 0.978 bits per heavy atom. The molecule has 10 nitrogen and oxygen atoms in total. The number of aromatic nitrogens is 1. The maximum atomic E-state index is 14.4. The summed E-state index contributed by atoms with van der Waals surface area (Å²) in [6.45, 7) is 5.45. The number of hydrogen-bond donors (Lipinski definition) is 2. The highest BCUT2D eigenvalue weighted by Gasteiger charge is 2.27. The minimum Gasteiger partial charge on any atom is -0.444 e. The van der Waals surface area contributed by atoms with Crippen molar-refractivity contribution in [3.8, 4) is 22.8 Å². The molecular formula is C33H40FN3O7S. The van der Waals surface area contributed by atoms with Gasteiger partial charge in [-0.2, -0.15) is 8.42 Å². The molecular weight excluding hydrogens is 601 g/mol. The van der Waals surface area contributed by atoms with Crippen LogP contribution < -0.4 is 15.4 Å². The minimum atomic E-state index is -3.53. The molecule has 1 aliphatic carbocycles. The number of alkyl carbamates (subject to hydrolysis) is 1. The summed E-state index contributed by atoms with van der Waals surface area (Å²) in [5.41, 5.74) is 1.82. The van der Waals surface area contributed by atoms with E-state index < -0.39 is 33.5 Å². The van der Waals surface area contributed by atoms with Crippen LogP contribution in [0, 0.1) is 5.82 Å². The molecule has 0 saturated heterocycles. The van der Waals surface area contributed by atoms with Gasteiger partial charge in [0.15, 0.2) is 0 Å². The van der Waals surface area contributed by atoms with E-state index >= 15 is 0 Å². The van der Waals surface area contributed by atoms with Crippen molar-refractivity contribution >= 4 is 22.1 Å². The van der Waals surface area contributed by atoms with Gasteiger partial charge >= 0.3 is 6.09 Å². The van der Waals surface area contributed by atoms with Crippen molar-refractivity contribution in [3.05, 3.63) is 77.7 Å². The van der Waals surface area contributed by atoms with Crippen molar-refractivity contribution in [3.63, 3.8) is 0 Å². The highest BCUT2D eigenvalue weighted by molar-refractivity contribution is 7.85. The Morgan fingerprint density at radius 3 is 2.29 bits per heavy atom. The van der Waals surface area contributed by atoms with E-state index in [0.717, 1.165) is 35.2 Å². The number of nitrogens with one attached hydrogen (secondary N) is 2. The third-order valence-electron chi connectivity index (χ3n) is 7.09. The molecule has 0 unspecified atom stereocenters. The molecule has 1 aliphatic rings. The summed E-state index contributed by atoms with van der Waals surface area (Å²) in [4.78, 5) is 29.7. The van der Waals surface area contributed by atoms with Gasteiger partial charge in [0, 0.05) is 17.6 Å². The number of aryl methyl sites for hydroxylation is 1. The molecule has 2 amide bonds. The van der Waals surface area contributed by atoms with Crippen LogP contribution >= 0.6 is 0 Å². The van der Waals surface area contributed by atoms with Crippen LogP contribution in [0.15, 0.2) is 60.8 Å². The van der Waals surface area contributed by atoms with Crippen LogP contribution in [0.1, 0.15) is 68.8 Å². The summed E-state index contributed by atoms with van der Waals surface area (Å²) < 4.78 is 53.4. The van der Waals surface area contributed by atoms with E-state index in [-0.39, 0.29) is 30.1 Å². The monoisotopic (exact) mass is 641 g/mol. The van der Waals surface area contributed by atoms with Crippen LogP contribution in [-0.4, -0.2) is 55.9 Å². The highest BCUT2D eigenvalue weighted by Crippen LogP contribution is 2.35. The third kappa shape index (κ3) is 10.8. The van der Waals surface area contributed by atoms with E-state index in [1.54, 1.807) is 26.8 Å². The number of amides is 2.